The summed E-state index contributed by atoms with van der Waals surface area (Å²) < 4.78 is 0. The van der Waals surface area contributed by atoms with Crippen LogP contribution in [0.15, 0.2) is 0 Å². The molecular weight excluding hydrogens is 282 g/mol. The molecule has 0 spiro atoms. The van der Waals surface area contributed by atoms with Gasteiger partial charge in [0.2, 0.25) is 5.91 Å². The van der Waals surface area contributed by atoms with Crippen molar-refractivity contribution in [2.75, 3.05) is 6.61 Å². The van der Waals surface area contributed by atoms with Gasteiger partial charge in [0.05, 0.1) is 0 Å². The molecule has 0 unspecified atom stereocenters. The van der Waals surface area contributed by atoms with Gasteiger partial charge in [-0.2, -0.15) is 0 Å². The highest BCUT2D eigenvalue weighted by atomic mass is 16.3. The molecule has 5 fully saturated rings. The van der Waals surface area contributed by atoms with Crippen LogP contribution >= 0.6 is 0 Å². The molecule has 3 amide bonds. The average Bonchev–Trinajstić information content (AvgIpc) is 3.34. The van der Waals surface area contributed by atoms with Crippen molar-refractivity contribution in [3.8, 4) is 0 Å². The smallest absolute Gasteiger partial charge is 0.312 e. The Morgan fingerprint density at radius 2 is 1.73 bits per heavy atom. The fraction of sp³-hybridized carbons (Fsp3) is 0.875. The Kier molecular flexibility index (Phi) is 5.67. The molecule has 0 radical (unpaired) electrons. The first-order valence-electron chi connectivity index (χ1n) is 8.42. The molecule has 6 N–H and O–H groups in total. The van der Waals surface area contributed by atoms with Crippen molar-refractivity contribution in [2.24, 2.45) is 28.7 Å². The van der Waals surface area contributed by atoms with E-state index in [1.54, 1.807) is 0 Å². The van der Waals surface area contributed by atoms with Gasteiger partial charge in [0, 0.05) is 18.1 Å². The van der Waals surface area contributed by atoms with Gasteiger partial charge in [-0.3, -0.25) is 4.79 Å². The van der Waals surface area contributed by atoms with Crippen LogP contribution < -0.4 is 16.8 Å². The van der Waals surface area contributed by atoms with Crippen LogP contribution in [0.4, 0.5) is 4.79 Å². The number of nitrogens with two attached hydrogens (primary N) is 2. The fourth-order valence-corrected chi connectivity index (χ4v) is 3.24. The number of amides is 3. The summed E-state index contributed by atoms with van der Waals surface area (Å²) in [5.41, 5.74) is 10.0. The predicted octanol–water partition coefficient (Wildman–Crippen LogP) is 1.26. The third-order valence-electron chi connectivity index (χ3n) is 5.03. The van der Waals surface area contributed by atoms with Crippen LogP contribution in [0.5, 0.6) is 0 Å². The van der Waals surface area contributed by atoms with Gasteiger partial charge in [-0.15, -0.1) is 0 Å². The van der Waals surface area contributed by atoms with Crippen LogP contribution in [-0.2, 0) is 4.79 Å². The molecule has 0 aromatic rings. The molecule has 5 rings (SSSR count). The van der Waals surface area contributed by atoms with Crippen molar-refractivity contribution < 1.29 is 14.7 Å². The van der Waals surface area contributed by atoms with Crippen molar-refractivity contribution in [1.29, 1.82) is 0 Å². The largest absolute Gasteiger partial charge is 0.396 e. The highest BCUT2D eigenvalue weighted by Gasteiger charge is 2.50. The molecule has 0 saturated heterocycles. The summed E-state index contributed by atoms with van der Waals surface area (Å²) in [5, 5.41) is 10.8. The number of rotatable bonds is 3. The number of aliphatic hydroxyl groups excluding tert-OH is 1. The van der Waals surface area contributed by atoms with Crippen LogP contribution in [0.1, 0.15) is 57.8 Å². The Balaban J connectivity index is 0.000000129. The Bertz CT molecular complexity index is 394. The van der Waals surface area contributed by atoms with E-state index in [0.717, 1.165) is 38.0 Å². The first-order valence-corrected chi connectivity index (χ1v) is 8.42. The van der Waals surface area contributed by atoms with Crippen LogP contribution in [0, 0.1) is 17.3 Å². The zero-order chi connectivity index (χ0) is 16.2. The topological polar surface area (TPSA) is 118 Å². The molecule has 2 bridgehead atoms. The van der Waals surface area contributed by atoms with Gasteiger partial charge in [0.1, 0.15) is 0 Å². The maximum atomic E-state index is 10.9. The molecule has 5 aliphatic rings. The zero-order valence-electron chi connectivity index (χ0n) is 13.2. The van der Waals surface area contributed by atoms with Crippen LogP contribution in [0.2, 0.25) is 0 Å². The summed E-state index contributed by atoms with van der Waals surface area (Å²) in [7, 11) is 0. The standard InChI is InChI=1S/C8H13NO.C4H8N2O.C4H8O/c9-7(10)8-3-1-2-6(4-8)5-8;5-4(7)6-3-1-2-3;5-3-4-1-2-4/h6H,1-5H2,(H2,9,10);3H,1-2H2,(H3,5,6,7);4-5H,1-3H2. The number of carbonyl (C=O) groups is 2. The second kappa shape index (κ2) is 7.31. The summed E-state index contributed by atoms with van der Waals surface area (Å²) in [6.07, 6.45) is 10.5. The first kappa shape index (κ1) is 17.1. The van der Waals surface area contributed by atoms with Gasteiger partial charge in [0.15, 0.2) is 0 Å². The molecular formula is C16H29N3O3. The SMILES string of the molecule is NC(=O)C12CCCC(C1)C2.NC(=O)NC1CC1.OCC1CC1. The highest BCUT2D eigenvalue weighted by Crippen LogP contribution is 2.55. The highest BCUT2D eigenvalue weighted by molar-refractivity contribution is 5.82. The molecule has 6 nitrogen and oxygen atoms in total. The summed E-state index contributed by atoms with van der Waals surface area (Å²) in [6, 6.07) is -0.000000000000000444. The number of hydrogen-bond donors (Lipinski definition) is 4. The van der Waals surface area contributed by atoms with Crippen LogP contribution in [-0.4, -0.2) is 29.7 Å². The molecule has 5 aliphatic carbocycles. The average molecular weight is 311 g/mol. The lowest BCUT2D eigenvalue weighted by atomic mass is 9.54. The van der Waals surface area contributed by atoms with Crippen LogP contribution in [0.3, 0.4) is 0 Å². The van der Waals surface area contributed by atoms with E-state index in [1.165, 1.54) is 25.7 Å². The van der Waals surface area contributed by atoms with Crippen molar-refractivity contribution in [3.05, 3.63) is 0 Å². The lowest BCUT2D eigenvalue weighted by molar-refractivity contribution is -0.140. The summed E-state index contributed by atoms with van der Waals surface area (Å²) in [4.78, 5) is 20.9. The predicted molar refractivity (Wildman–Crippen MR) is 83.8 cm³/mol. The monoisotopic (exact) mass is 311 g/mol. The Hall–Kier alpha value is -1.30. The first-order chi connectivity index (χ1) is 10.4. The van der Waals surface area contributed by atoms with Crippen molar-refractivity contribution in [2.45, 2.75) is 63.8 Å². The van der Waals surface area contributed by atoms with Crippen molar-refractivity contribution >= 4 is 11.9 Å². The molecule has 0 aromatic heterocycles. The maximum absolute atomic E-state index is 10.9. The summed E-state index contributed by atoms with van der Waals surface area (Å²) in [6.45, 7) is 0.417. The quantitative estimate of drug-likeness (QED) is 0.628. The lowest BCUT2D eigenvalue weighted by Crippen LogP contribution is -2.50. The second-order valence-corrected chi connectivity index (χ2v) is 7.22. The van der Waals surface area contributed by atoms with E-state index >= 15 is 0 Å². The molecule has 0 aromatic carbocycles. The lowest BCUT2D eigenvalue weighted by Gasteiger charge is -2.50. The van der Waals surface area contributed by atoms with E-state index in [4.69, 9.17) is 16.6 Å². The number of carbonyl (C=O) groups excluding carboxylic acids is 2. The van der Waals surface area contributed by atoms with E-state index in [9.17, 15) is 9.59 Å². The van der Waals surface area contributed by atoms with Gasteiger partial charge < -0.3 is 21.9 Å². The Morgan fingerprint density at radius 3 is 1.91 bits per heavy atom. The third-order valence-corrected chi connectivity index (χ3v) is 5.03. The van der Waals surface area contributed by atoms with E-state index in [-0.39, 0.29) is 11.3 Å². The maximum Gasteiger partial charge on any atom is 0.312 e. The van der Waals surface area contributed by atoms with E-state index < -0.39 is 6.03 Å². The Labute approximate surface area is 132 Å². The minimum absolute atomic E-state index is 0.0388. The number of urea groups is 1. The number of hydrogen-bond acceptors (Lipinski definition) is 3. The fourth-order valence-electron chi connectivity index (χ4n) is 3.24. The molecule has 22 heavy (non-hydrogen) atoms. The zero-order valence-corrected chi connectivity index (χ0v) is 13.2. The summed E-state index contributed by atoms with van der Waals surface area (Å²) in [5.74, 6) is 1.47. The second-order valence-electron chi connectivity index (χ2n) is 7.22. The minimum atomic E-state index is -0.400. The minimum Gasteiger partial charge on any atom is -0.396 e. The van der Waals surface area contributed by atoms with Gasteiger partial charge in [-0.1, -0.05) is 12.8 Å². The number of nitrogens with one attached hydrogen (secondary N) is 1. The normalized spacial score (nSPS) is 31.4. The number of primary amides is 2. The third kappa shape index (κ3) is 5.16. The molecule has 6 heteroatoms. The van der Waals surface area contributed by atoms with Crippen molar-refractivity contribution in [1.82, 2.24) is 5.32 Å². The molecule has 5 saturated carbocycles. The van der Waals surface area contributed by atoms with E-state index in [1.807, 2.05) is 0 Å². The molecule has 0 atom stereocenters. The number of aliphatic hydroxyl groups is 1. The van der Waals surface area contributed by atoms with Gasteiger partial charge >= 0.3 is 6.03 Å². The van der Waals surface area contributed by atoms with Gasteiger partial charge in [-0.05, 0) is 56.8 Å². The van der Waals surface area contributed by atoms with E-state index in [2.05, 4.69) is 5.32 Å². The molecule has 0 aliphatic heterocycles. The molecule has 0 heterocycles. The van der Waals surface area contributed by atoms with E-state index in [0.29, 0.717) is 18.6 Å². The van der Waals surface area contributed by atoms with Gasteiger partial charge in [0.25, 0.3) is 0 Å². The summed E-state index contributed by atoms with van der Waals surface area (Å²) >= 11 is 0. The van der Waals surface area contributed by atoms with Gasteiger partial charge in [-0.25, -0.2) is 4.79 Å². The molecule has 126 valence electrons. The Morgan fingerprint density at radius 1 is 1.09 bits per heavy atom. The number of fused-ring (bicyclic) bond motifs is 2. The van der Waals surface area contributed by atoms with Crippen molar-refractivity contribution in [3.63, 3.8) is 0 Å². The van der Waals surface area contributed by atoms with Crippen LogP contribution in [0.25, 0.3) is 0 Å².